The van der Waals surface area contributed by atoms with E-state index >= 15 is 0 Å². The third kappa shape index (κ3) is 6.16. The number of hydrogen-bond donors (Lipinski definition) is 1. The van der Waals surface area contributed by atoms with Crippen molar-refractivity contribution in [1.29, 1.82) is 0 Å². The van der Waals surface area contributed by atoms with Gasteiger partial charge in [-0.05, 0) is 53.9 Å². The number of aromatic nitrogens is 3. The van der Waals surface area contributed by atoms with Gasteiger partial charge in [-0.15, -0.1) is 10.2 Å². The first kappa shape index (κ1) is 25.5. The fourth-order valence-electron chi connectivity index (χ4n) is 4.64. The Labute approximate surface area is 214 Å². The van der Waals surface area contributed by atoms with Crippen LogP contribution in [0.1, 0.15) is 89.8 Å². The van der Waals surface area contributed by atoms with Crippen LogP contribution in [0.15, 0.2) is 53.7 Å². The summed E-state index contributed by atoms with van der Waals surface area (Å²) < 4.78 is 2.28. The third-order valence-electron chi connectivity index (χ3n) is 7.07. The number of rotatable bonds is 8. The van der Waals surface area contributed by atoms with E-state index in [0.29, 0.717) is 17.7 Å². The van der Waals surface area contributed by atoms with E-state index in [1.165, 1.54) is 35.7 Å². The van der Waals surface area contributed by atoms with Crippen LogP contribution in [0.5, 0.6) is 0 Å². The van der Waals surface area contributed by atoms with Crippen molar-refractivity contribution < 1.29 is 4.79 Å². The standard InChI is InChI=1S/C29H38N4OS/c1-6-20(2)21-13-17-24(18-14-21)30-26(34)19-35-28-32-31-27(33(28)25-9-7-8-10-25)22-11-15-23(16-12-22)29(3,4)5/h11-18,20,25H,6-10,19H2,1-5H3,(H,30,34). The van der Waals surface area contributed by atoms with Crippen LogP contribution >= 0.6 is 11.8 Å². The first-order valence-electron chi connectivity index (χ1n) is 12.8. The Morgan fingerprint density at radius 3 is 2.31 bits per heavy atom. The van der Waals surface area contributed by atoms with E-state index in [0.717, 1.165) is 41.5 Å². The van der Waals surface area contributed by atoms with Gasteiger partial charge in [0.1, 0.15) is 0 Å². The molecule has 0 radical (unpaired) electrons. The van der Waals surface area contributed by atoms with Gasteiger partial charge in [0.25, 0.3) is 0 Å². The lowest BCUT2D eigenvalue weighted by molar-refractivity contribution is -0.113. The number of carbonyl (C=O) groups excluding carboxylic acids is 1. The summed E-state index contributed by atoms with van der Waals surface area (Å²) in [6, 6.07) is 17.3. The minimum atomic E-state index is -0.0247. The minimum Gasteiger partial charge on any atom is -0.325 e. The predicted octanol–water partition coefficient (Wildman–Crippen LogP) is 7.60. The molecule has 1 aliphatic carbocycles. The number of carbonyl (C=O) groups is 1. The van der Waals surface area contributed by atoms with E-state index in [9.17, 15) is 4.79 Å². The van der Waals surface area contributed by atoms with Gasteiger partial charge in [0.2, 0.25) is 5.91 Å². The number of nitrogens with one attached hydrogen (secondary N) is 1. The van der Waals surface area contributed by atoms with Gasteiger partial charge < -0.3 is 5.32 Å². The third-order valence-corrected chi connectivity index (χ3v) is 8.01. The van der Waals surface area contributed by atoms with Crippen LogP contribution < -0.4 is 5.32 Å². The molecule has 186 valence electrons. The molecule has 5 nitrogen and oxygen atoms in total. The monoisotopic (exact) mass is 490 g/mol. The summed E-state index contributed by atoms with van der Waals surface area (Å²) in [6.07, 6.45) is 5.82. The van der Waals surface area contributed by atoms with Crippen LogP contribution in [0.4, 0.5) is 5.69 Å². The van der Waals surface area contributed by atoms with Crippen molar-refractivity contribution in [2.24, 2.45) is 0 Å². The maximum atomic E-state index is 12.7. The van der Waals surface area contributed by atoms with Crippen molar-refractivity contribution in [3.8, 4) is 11.4 Å². The summed E-state index contributed by atoms with van der Waals surface area (Å²) in [5.41, 5.74) is 4.62. The number of hydrogen-bond acceptors (Lipinski definition) is 4. The molecule has 1 N–H and O–H groups in total. The molecule has 3 aromatic rings. The highest BCUT2D eigenvalue weighted by molar-refractivity contribution is 7.99. The van der Waals surface area contributed by atoms with E-state index in [-0.39, 0.29) is 11.3 Å². The molecule has 4 rings (SSSR count). The molecule has 2 aromatic carbocycles. The van der Waals surface area contributed by atoms with Gasteiger partial charge in [0.05, 0.1) is 5.75 Å². The maximum absolute atomic E-state index is 12.7. The molecule has 1 fully saturated rings. The highest BCUT2D eigenvalue weighted by Crippen LogP contribution is 2.37. The quantitative estimate of drug-likeness (QED) is 0.330. The molecule has 0 aliphatic heterocycles. The number of benzene rings is 2. The summed E-state index contributed by atoms with van der Waals surface area (Å²) in [4.78, 5) is 12.7. The van der Waals surface area contributed by atoms with Crippen molar-refractivity contribution in [2.45, 2.75) is 89.3 Å². The van der Waals surface area contributed by atoms with Crippen LogP contribution in [0, 0.1) is 0 Å². The lowest BCUT2D eigenvalue weighted by atomic mass is 9.86. The Morgan fingerprint density at radius 1 is 1.06 bits per heavy atom. The lowest BCUT2D eigenvalue weighted by Crippen LogP contribution is -2.15. The Balaban J connectivity index is 1.48. The van der Waals surface area contributed by atoms with Gasteiger partial charge >= 0.3 is 0 Å². The molecular formula is C29H38N4OS. The Bertz CT molecular complexity index is 1120. The Kier molecular flexibility index (Phi) is 8.00. The second-order valence-electron chi connectivity index (χ2n) is 10.7. The van der Waals surface area contributed by atoms with Gasteiger partial charge in [-0.1, -0.05) is 95.6 Å². The molecule has 1 aromatic heterocycles. The van der Waals surface area contributed by atoms with Crippen LogP contribution in [0.25, 0.3) is 11.4 Å². The molecule has 1 aliphatic rings. The SMILES string of the molecule is CCC(C)c1ccc(NC(=O)CSc2nnc(-c3ccc(C(C)(C)C)cc3)n2C2CCCC2)cc1. The normalized spacial score (nSPS) is 15.3. The zero-order valence-electron chi connectivity index (χ0n) is 21.7. The number of thioether (sulfide) groups is 1. The topological polar surface area (TPSA) is 59.8 Å². The molecule has 0 saturated heterocycles. The van der Waals surface area contributed by atoms with Gasteiger partial charge in [-0.25, -0.2) is 0 Å². The highest BCUT2D eigenvalue weighted by atomic mass is 32.2. The van der Waals surface area contributed by atoms with E-state index in [1.54, 1.807) is 0 Å². The largest absolute Gasteiger partial charge is 0.325 e. The molecule has 1 atom stereocenters. The van der Waals surface area contributed by atoms with E-state index in [1.807, 2.05) is 12.1 Å². The van der Waals surface area contributed by atoms with Gasteiger partial charge in [-0.3, -0.25) is 9.36 Å². The molecule has 35 heavy (non-hydrogen) atoms. The maximum Gasteiger partial charge on any atom is 0.234 e. The van der Waals surface area contributed by atoms with Crippen molar-refractivity contribution >= 4 is 23.4 Å². The lowest BCUT2D eigenvalue weighted by Gasteiger charge is -2.20. The van der Waals surface area contributed by atoms with Gasteiger partial charge in [-0.2, -0.15) is 0 Å². The van der Waals surface area contributed by atoms with Crippen molar-refractivity contribution in [3.05, 3.63) is 59.7 Å². The fraction of sp³-hybridized carbons (Fsp3) is 0.483. The predicted molar refractivity (Wildman–Crippen MR) is 146 cm³/mol. The smallest absolute Gasteiger partial charge is 0.234 e. The fourth-order valence-corrected chi connectivity index (χ4v) is 5.45. The van der Waals surface area contributed by atoms with E-state index in [2.05, 4.69) is 91.1 Å². The van der Waals surface area contributed by atoms with Crippen LogP contribution in [-0.2, 0) is 10.2 Å². The molecule has 1 unspecified atom stereocenters. The minimum absolute atomic E-state index is 0.0247. The number of amides is 1. The first-order valence-corrected chi connectivity index (χ1v) is 13.8. The molecule has 0 spiro atoms. The molecular weight excluding hydrogens is 452 g/mol. The van der Waals surface area contributed by atoms with E-state index < -0.39 is 0 Å². The zero-order chi connectivity index (χ0) is 25.0. The zero-order valence-corrected chi connectivity index (χ0v) is 22.5. The molecule has 1 amide bonds. The van der Waals surface area contributed by atoms with Gasteiger partial charge in [0.15, 0.2) is 11.0 Å². The van der Waals surface area contributed by atoms with Crippen molar-refractivity contribution in [1.82, 2.24) is 14.8 Å². The van der Waals surface area contributed by atoms with Crippen molar-refractivity contribution in [3.63, 3.8) is 0 Å². The average Bonchev–Trinajstić information content (AvgIpc) is 3.52. The summed E-state index contributed by atoms with van der Waals surface area (Å²) in [5, 5.41) is 13.0. The second-order valence-corrected chi connectivity index (χ2v) is 11.7. The molecule has 0 bridgehead atoms. The van der Waals surface area contributed by atoms with Crippen molar-refractivity contribution in [2.75, 3.05) is 11.1 Å². The van der Waals surface area contributed by atoms with Crippen LogP contribution in [0.2, 0.25) is 0 Å². The van der Waals surface area contributed by atoms with Crippen LogP contribution in [-0.4, -0.2) is 26.4 Å². The second kappa shape index (κ2) is 11.0. The Hall–Kier alpha value is -2.60. The highest BCUT2D eigenvalue weighted by Gasteiger charge is 2.25. The summed E-state index contributed by atoms with van der Waals surface area (Å²) >= 11 is 1.47. The summed E-state index contributed by atoms with van der Waals surface area (Å²) in [7, 11) is 0. The van der Waals surface area contributed by atoms with E-state index in [4.69, 9.17) is 0 Å². The van der Waals surface area contributed by atoms with Crippen LogP contribution in [0.3, 0.4) is 0 Å². The summed E-state index contributed by atoms with van der Waals surface area (Å²) in [6.45, 7) is 11.1. The molecule has 1 heterocycles. The molecule has 1 saturated carbocycles. The number of anilines is 1. The molecule has 6 heteroatoms. The summed E-state index contributed by atoms with van der Waals surface area (Å²) in [5.74, 6) is 1.71. The first-order chi connectivity index (χ1) is 16.8. The average molecular weight is 491 g/mol. The Morgan fingerprint density at radius 2 is 1.71 bits per heavy atom. The van der Waals surface area contributed by atoms with Gasteiger partial charge in [0, 0.05) is 17.3 Å². The number of nitrogens with zero attached hydrogens (tertiary/aromatic N) is 3.